The van der Waals surface area contributed by atoms with E-state index in [-0.39, 0.29) is 23.3 Å². The summed E-state index contributed by atoms with van der Waals surface area (Å²) in [4.78, 5) is 34.7. The number of aromatic nitrogens is 1. The van der Waals surface area contributed by atoms with E-state index in [1.165, 1.54) is 18.9 Å². The Labute approximate surface area is 160 Å². The Kier molecular flexibility index (Phi) is 7.68. The van der Waals surface area contributed by atoms with E-state index >= 15 is 0 Å². The molecule has 0 bridgehead atoms. The molecule has 3 N–H and O–H groups in total. The Morgan fingerprint density at radius 1 is 1.11 bits per heavy atom. The number of carbonyl (C=O) groups excluding carboxylic acids is 3. The molecule has 10 heteroatoms. The molecule has 3 amide bonds. The molecule has 1 aromatic heterocycles. The summed E-state index contributed by atoms with van der Waals surface area (Å²) >= 11 is 1.20. The minimum atomic E-state index is -0.546. The van der Waals surface area contributed by atoms with Gasteiger partial charge in [-0.2, -0.15) is 0 Å². The van der Waals surface area contributed by atoms with Crippen LogP contribution in [0.25, 0.3) is 0 Å². The Hall–Kier alpha value is -3.01. The Morgan fingerprint density at radius 3 is 2.44 bits per heavy atom. The third-order valence-electron chi connectivity index (χ3n) is 3.24. The molecule has 0 atom stereocenters. The number of amides is 3. The van der Waals surface area contributed by atoms with Crippen molar-refractivity contribution in [1.82, 2.24) is 10.5 Å². The maximum Gasteiger partial charge on any atom is 0.411 e. The second-order valence-corrected chi connectivity index (χ2v) is 6.44. The minimum Gasteiger partial charge on any atom is -0.453 e. The van der Waals surface area contributed by atoms with Crippen molar-refractivity contribution in [2.24, 2.45) is 0 Å². The number of rotatable bonds is 8. The van der Waals surface area contributed by atoms with E-state index in [0.717, 1.165) is 5.56 Å². The van der Waals surface area contributed by atoms with Crippen LogP contribution in [0, 0.1) is 6.92 Å². The molecular formula is C17H20N4O5S. The molecule has 0 aliphatic heterocycles. The van der Waals surface area contributed by atoms with E-state index in [4.69, 9.17) is 4.52 Å². The summed E-state index contributed by atoms with van der Waals surface area (Å²) in [5.41, 5.74) is 1.48. The molecule has 9 nitrogen and oxygen atoms in total. The zero-order valence-corrected chi connectivity index (χ0v) is 15.7. The first-order chi connectivity index (χ1) is 13.0. The van der Waals surface area contributed by atoms with Crippen molar-refractivity contribution in [3.8, 4) is 0 Å². The summed E-state index contributed by atoms with van der Waals surface area (Å²) in [5.74, 6) is 0.816. The molecule has 144 valence electrons. The predicted octanol–water partition coefficient (Wildman–Crippen LogP) is 2.15. The molecule has 0 aliphatic carbocycles. The molecule has 0 aliphatic rings. The van der Waals surface area contributed by atoms with E-state index in [9.17, 15) is 14.4 Å². The highest BCUT2D eigenvalue weighted by molar-refractivity contribution is 8.00. The summed E-state index contributed by atoms with van der Waals surface area (Å²) in [5, 5.41) is 11.6. The molecule has 2 aromatic rings. The van der Waals surface area contributed by atoms with Gasteiger partial charge in [0.2, 0.25) is 11.8 Å². The maximum atomic E-state index is 11.8. The van der Waals surface area contributed by atoms with Gasteiger partial charge in [-0.05, 0) is 24.6 Å². The van der Waals surface area contributed by atoms with E-state index < -0.39 is 6.09 Å². The number of aryl methyl sites for hydroxylation is 1. The van der Waals surface area contributed by atoms with Gasteiger partial charge in [0, 0.05) is 18.3 Å². The van der Waals surface area contributed by atoms with Crippen molar-refractivity contribution in [3.63, 3.8) is 0 Å². The van der Waals surface area contributed by atoms with Gasteiger partial charge in [-0.3, -0.25) is 14.9 Å². The number of thioether (sulfide) groups is 1. The van der Waals surface area contributed by atoms with Crippen molar-refractivity contribution in [2.45, 2.75) is 13.5 Å². The third-order valence-corrected chi connectivity index (χ3v) is 4.17. The van der Waals surface area contributed by atoms with E-state index in [1.54, 1.807) is 37.3 Å². The second-order valence-electron chi connectivity index (χ2n) is 5.45. The van der Waals surface area contributed by atoms with Crippen LogP contribution in [0.1, 0.15) is 11.3 Å². The molecule has 0 radical (unpaired) electrons. The van der Waals surface area contributed by atoms with Gasteiger partial charge in [-0.15, -0.1) is 11.8 Å². The van der Waals surface area contributed by atoms with Crippen LogP contribution in [-0.2, 0) is 20.9 Å². The summed E-state index contributed by atoms with van der Waals surface area (Å²) < 4.78 is 9.36. The molecule has 0 spiro atoms. The van der Waals surface area contributed by atoms with Crippen molar-refractivity contribution in [1.29, 1.82) is 0 Å². The normalized spacial score (nSPS) is 10.1. The second kappa shape index (κ2) is 10.2. The van der Waals surface area contributed by atoms with E-state index in [0.29, 0.717) is 23.8 Å². The molecule has 27 heavy (non-hydrogen) atoms. The lowest BCUT2D eigenvalue weighted by Gasteiger charge is -2.07. The number of benzene rings is 1. The van der Waals surface area contributed by atoms with Gasteiger partial charge in [-0.25, -0.2) is 4.79 Å². The van der Waals surface area contributed by atoms with Gasteiger partial charge in [0.05, 0.1) is 18.6 Å². The maximum absolute atomic E-state index is 11.8. The molecule has 1 heterocycles. The van der Waals surface area contributed by atoms with Crippen LogP contribution in [-0.4, -0.2) is 41.7 Å². The standard InChI is InChI=1S/C17H20N4O5S/c1-11-7-14(21-26-11)20-16(23)10-27-9-15(22)18-8-12-3-5-13(6-4-12)19-17(24)25-2/h3-7H,8-10H2,1-2H3,(H,18,22)(H,19,24)(H,20,21,23). The van der Waals surface area contributed by atoms with Crippen LogP contribution >= 0.6 is 11.8 Å². The van der Waals surface area contributed by atoms with Crippen molar-refractivity contribution in [3.05, 3.63) is 41.7 Å². The van der Waals surface area contributed by atoms with Crippen LogP contribution in [0.3, 0.4) is 0 Å². The first-order valence-corrected chi connectivity index (χ1v) is 9.13. The highest BCUT2D eigenvalue weighted by Gasteiger charge is 2.08. The molecule has 0 unspecified atom stereocenters. The van der Waals surface area contributed by atoms with Crippen molar-refractivity contribution in [2.75, 3.05) is 29.2 Å². The largest absolute Gasteiger partial charge is 0.453 e. The number of nitrogens with one attached hydrogen (secondary N) is 3. The third kappa shape index (κ3) is 7.40. The monoisotopic (exact) mass is 392 g/mol. The van der Waals surface area contributed by atoms with Gasteiger partial charge >= 0.3 is 6.09 Å². The van der Waals surface area contributed by atoms with Gasteiger partial charge in [0.15, 0.2) is 5.82 Å². The lowest BCUT2D eigenvalue weighted by molar-refractivity contribution is -0.118. The van der Waals surface area contributed by atoms with E-state index in [1.807, 2.05) is 0 Å². The number of hydrogen-bond donors (Lipinski definition) is 3. The average molecular weight is 392 g/mol. The summed E-state index contributed by atoms with van der Waals surface area (Å²) in [6.07, 6.45) is -0.546. The van der Waals surface area contributed by atoms with Crippen LogP contribution in [0.2, 0.25) is 0 Å². The number of hydrogen-bond acceptors (Lipinski definition) is 7. The van der Waals surface area contributed by atoms with Crippen LogP contribution < -0.4 is 16.0 Å². The number of nitrogens with zero attached hydrogens (tertiary/aromatic N) is 1. The SMILES string of the molecule is COC(=O)Nc1ccc(CNC(=O)CSCC(=O)Nc2cc(C)on2)cc1. The van der Waals surface area contributed by atoms with Crippen molar-refractivity contribution < 1.29 is 23.6 Å². The fraction of sp³-hybridized carbons (Fsp3) is 0.294. The first-order valence-electron chi connectivity index (χ1n) is 7.98. The van der Waals surface area contributed by atoms with Crippen LogP contribution in [0.15, 0.2) is 34.9 Å². The molecule has 0 saturated carbocycles. The fourth-order valence-electron chi connectivity index (χ4n) is 1.97. The zero-order chi connectivity index (χ0) is 19.6. The molecular weight excluding hydrogens is 372 g/mol. The number of carbonyl (C=O) groups is 3. The van der Waals surface area contributed by atoms with Gasteiger partial charge < -0.3 is 19.9 Å². The predicted molar refractivity (Wildman–Crippen MR) is 102 cm³/mol. The van der Waals surface area contributed by atoms with E-state index in [2.05, 4.69) is 25.8 Å². The number of methoxy groups -OCH3 is 1. The Bertz CT molecular complexity index is 791. The smallest absolute Gasteiger partial charge is 0.411 e. The zero-order valence-electron chi connectivity index (χ0n) is 14.9. The highest BCUT2D eigenvalue weighted by Crippen LogP contribution is 2.10. The number of anilines is 2. The average Bonchev–Trinajstić information content (AvgIpc) is 3.05. The summed E-state index contributed by atoms with van der Waals surface area (Å²) in [6.45, 7) is 2.08. The van der Waals surface area contributed by atoms with Crippen LogP contribution in [0.4, 0.5) is 16.3 Å². The topological polar surface area (TPSA) is 123 Å². The van der Waals surface area contributed by atoms with Crippen LogP contribution in [0.5, 0.6) is 0 Å². The Balaban J connectivity index is 1.64. The fourth-order valence-corrected chi connectivity index (χ4v) is 2.61. The van der Waals surface area contributed by atoms with Gasteiger partial charge in [0.25, 0.3) is 0 Å². The molecule has 0 saturated heterocycles. The summed E-state index contributed by atoms with van der Waals surface area (Å²) in [6, 6.07) is 8.60. The quantitative estimate of drug-likeness (QED) is 0.629. The first kappa shape index (κ1) is 20.3. The molecule has 0 fully saturated rings. The molecule has 2 rings (SSSR count). The Morgan fingerprint density at radius 2 is 1.81 bits per heavy atom. The lowest BCUT2D eigenvalue weighted by Crippen LogP contribution is -2.25. The van der Waals surface area contributed by atoms with Crippen molar-refractivity contribution >= 4 is 41.2 Å². The van der Waals surface area contributed by atoms with Gasteiger partial charge in [0.1, 0.15) is 5.76 Å². The highest BCUT2D eigenvalue weighted by atomic mass is 32.2. The summed E-state index contributed by atoms with van der Waals surface area (Å²) in [7, 11) is 1.29. The molecule has 1 aromatic carbocycles. The van der Waals surface area contributed by atoms with Gasteiger partial charge in [-0.1, -0.05) is 17.3 Å². The lowest BCUT2D eigenvalue weighted by atomic mass is 10.2. The number of ether oxygens (including phenoxy) is 1. The minimum absolute atomic E-state index is 0.132.